The molecule has 0 aliphatic rings. The molecule has 0 fully saturated rings. The molecule has 0 spiro atoms. The average molecular weight is 323 g/mol. The maximum atomic E-state index is 12.2. The molecule has 0 aromatic heterocycles. The number of nitrogens with zero attached hydrogens (tertiary/aromatic N) is 1. The van der Waals surface area contributed by atoms with Crippen molar-refractivity contribution in [3.05, 3.63) is 65.2 Å². The van der Waals surface area contributed by atoms with Crippen LogP contribution in [0, 0.1) is 12.8 Å². The molecule has 2 aromatic carbocycles. The summed E-state index contributed by atoms with van der Waals surface area (Å²) in [6.07, 6.45) is 1.66. The quantitative estimate of drug-likeness (QED) is 0.652. The third kappa shape index (κ3) is 4.78. The molecule has 24 heavy (non-hydrogen) atoms. The van der Waals surface area contributed by atoms with Crippen molar-refractivity contribution < 1.29 is 9.59 Å². The van der Waals surface area contributed by atoms with E-state index in [1.54, 1.807) is 36.5 Å². The maximum absolute atomic E-state index is 12.2. The molecule has 0 unspecified atom stereocenters. The Kier molecular flexibility index (Phi) is 5.84. The van der Waals surface area contributed by atoms with Gasteiger partial charge in [-0.25, -0.2) is 5.43 Å². The molecule has 0 heterocycles. The lowest BCUT2D eigenvalue weighted by molar-refractivity contribution is 0.0954. The zero-order chi connectivity index (χ0) is 17.5. The van der Waals surface area contributed by atoms with E-state index in [-0.39, 0.29) is 17.7 Å². The molecule has 5 nitrogen and oxygen atoms in total. The van der Waals surface area contributed by atoms with Gasteiger partial charge in [0.15, 0.2) is 0 Å². The highest BCUT2D eigenvalue weighted by Gasteiger charge is 2.09. The summed E-state index contributed by atoms with van der Waals surface area (Å²) >= 11 is 0. The Hall–Kier alpha value is -2.95. The molecule has 124 valence electrons. The summed E-state index contributed by atoms with van der Waals surface area (Å²) < 4.78 is 0. The summed E-state index contributed by atoms with van der Waals surface area (Å²) in [6.45, 7) is 5.84. The fourth-order valence-corrected chi connectivity index (χ4v) is 2.04. The van der Waals surface area contributed by atoms with Crippen LogP contribution in [0.25, 0.3) is 0 Å². The molecule has 2 N–H and O–H groups in total. The van der Waals surface area contributed by atoms with E-state index in [1.807, 2.05) is 39.0 Å². The fraction of sp³-hybridized carbons (Fsp3) is 0.211. The van der Waals surface area contributed by atoms with Crippen molar-refractivity contribution in [2.24, 2.45) is 11.0 Å². The molecule has 0 atom stereocenters. The second kappa shape index (κ2) is 8.06. The lowest BCUT2D eigenvalue weighted by Crippen LogP contribution is -2.18. The van der Waals surface area contributed by atoms with Crippen LogP contribution < -0.4 is 10.7 Å². The standard InChI is InChI=1S/C19H21N3O2/c1-13(2)12-20-22-18(23)15-8-10-16(11-9-15)21-19(24)17-7-5-4-6-14(17)3/h4-13H,1-3H3,(H,21,24)(H,22,23)/b20-12+. The van der Waals surface area contributed by atoms with Crippen molar-refractivity contribution in [3.63, 3.8) is 0 Å². The van der Waals surface area contributed by atoms with Crippen LogP contribution >= 0.6 is 0 Å². The van der Waals surface area contributed by atoms with Crippen LogP contribution in [0.4, 0.5) is 5.69 Å². The van der Waals surface area contributed by atoms with Crippen molar-refractivity contribution in [3.8, 4) is 0 Å². The van der Waals surface area contributed by atoms with E-state index in [1.165, 1.54) is 0 Å². The molecule has 2 aromatic rings. The van der Waals surface area contributed by atoms with Crippen LogP contribution in [0.5, 0.6) is 0 Å². The summed E-state index contributed by atoms with van der Waals surface area (Å²) in [7, 11) is 0. The fourth-order valence-electron chi connectivity index (χ4n) is 2.04. The van der Waals surface area contributed by atoms with E-state index in [2.05, 4.69) is 15.8 Å². The van der Waals surface area contributed by atoms with Crippen molar-refractivity contribution in [1.29, 1.82) is 0 Å². The SMILES string of the molecule is Cc1ccccc1C(=O)Nc1ccc(C(=O)N/N=C/C(C)C)cc1. The maximum Gasteiger partial charge on any atom is 0.271 e. The summed E-state index contributed by atoms with van der Waals surface area (Å²) in [6, 6.07) is 14.1. The Morgan fingerprint density at radius 1 is 1.00 bits per heavy atom. The van der Waals surface area contributed by atoms with E-state index >= 15 is 0 Å². The summed E-state index contributed by atoms with van der Waals surface area (Å²) in [5.41, 5.74) is 5.11. The van der Waals surface area contributed by atoms with Gasteiger partial charge in [0.2, 0.25) is 0 Å². The first kappa shape index (κ1) is 17.4. The number of benzene rings is 2. The third-order valence-corrected chi connectivity index (χ3v) is 3.33. The molecule has 5 heteroatoms. The Labute approximate surface area is 141 Å². The molecule has 0 saturated carbocycles. The minimum Gasteiger partial charge on any atom is -0.322 e. The smallest absolute Gasteiger partial charge is 0.271 e. The number of carbonyl (C=O) groups excluding carboxylic acids is 2. The average Bonchev–Trinajstić information content (AvgIpc) is 2.55. The number of aryl methyl sites for hydroxylation is 1. The molecule has 2 rings (SSSR count). The molecule has 0 aliphatic carbocycles. The number of hydrogen-bond acceptors (Lipinski definition) is 3. The molecule has 0 saturated heterocycles. The van der Waals surface area contributed by atoms with Crippen molar-refractivity contribution in [2.45, 2.75) is 20.8 Å². The van der Waals surface area contributed by atoms with E-state index in [4.69, 9.17) is 0 Å². The van der Waals surface area contributed by atoms with Crippen LogP contribution in [-0.2, 0) is 0 Å². The van der Waals surface area contributed by atoms with Crippen LogP contribution in [-0.4, -0.2) is 18.0 Å². The molecular weight excluding hydrogens is 302 g/mol. The van der Waals surface area contributed by atoms with Crippen LogP contribution in [0.3, 0.4) is 0 Å². The van der Waals surface area contributed by atoms with E-state index in [9.17, 15) is 9.59 Å². The predicted octanol–water partition coefficient (Wildman–Crippen LogP) is 3.62. The van der Waals surface area contributed by atoms with Crippen molar-refractivity contribution in [1.82, 2.24) is 5.43 Å². The second-order valence-electron chi connectivity index (χ2n) is 5.81. The van der Waals surface area contributed by atoms with E-state index in [0.717, 1.165) is 5.56 Å². The molecule has 2 amide bonds. The van der Waals surface area contributed by atoms with Gasteiger partial charge < -0.3 is 5.32 Å². The Bertz CT molecular complexity index is 749. The van der Waals surface area contributed by atoms with Gasteiger partial charge in [-0.3, -0.25) is 9.59 Å². The molecule has 0 bridgehead atoms. The van der Waals surface area contributed by atoms with Crippen LogP contribution in [0.15, 0.2) is 53.6 Å². The van der Waals surface area contributed by atoms with Gasteiger partial charge in [-0.2, -0.15) is 5.10 Å². The number of hydrazone groups is 1. The minimum absolute atomic E-state index is 0.174. The number of amides is 2. The summed E-state index contributed by atoms with van der Waals surface area (Å²) in [4.78, 5) is 24.2. The summed E-state index contributed by atoms with van der Waals surface area (Å²) in [5, 5.41) is 6.70. The second-order valence-corrected chi connectivity index (χ2v) is 5.81. The zero-order valence-corrected chi connectivity index (χ0v) is 14.0. The molecular formula is C19H21N3O2. The number of hydrogen-bond donors (Lipinski definition) is 2. The summed E-state index contributed by atoms with van der Waals surface area (Å²) in [5.74, 6) is -0.195. The minimum atomic E-state index is -0.288. The molecule has 0 aliphatic heterocycles. The zero-order valence-electron chi connectivity index (χ0n) is 14.0. The van der Waals surface area contributed by atoms with Crippen LogP contribution in [0.2, 0.25) is 0 Å². The van der Waals surface area contributed by atoms with Gasteiger partial charge in [-0.15, -0.1) is 0 Å². The number of rotatable bonds is 5. The number of nitrogens with one attached hydrogen (secondary N) is 2. The lowest BCUT2D eigenvalue weighted by atomic mass is 10.1. The van der Waals surface area contributed by atoms with Crippen LogP contribution in [0.1, 0.15) is 40.1 Å². The first-order chi connectivity index (χ1) is 11.5. The van der Waals surface area contributed by atoms with Gasteiger partial charge in [0, 0.05) is 23.0 Å². The van der Waals surface area contributed by atoms with E-state index < -0.39 is 0 Å². The monoisotopic (exact) mass is 323 g/mol. The van der Waals surface area contributed by atoms with Gasteiger partial charge in [0.05, 0.1) is 0 Å². The van der Waals surface area contributed by atoms with Gasteiger partial charge in [0.1, 0.15) is 0 Å². The Morgan fingerprint density at radius 3 is 2.29 bits per heavy atom. The van der Waals surface area contributed by atoms with Crippen molar-refractivity contribution in [2.75, 3.05) is 5.32 Å². The Morgan fingerprint density at radius 2 is 1.67 bits per heavy atom. The van der Waals surface area contributed by atoms with Gasteiger partial charge >= 0.3 is 0 Å². The van der Waals surface area contributed by atoms with Crippen molar-refractivity contribution >= 4 is 23.7 Å². The normalized spacial score (nSPS) is 10.8. The predicted molar refractivity (Wildman–Crippen MR) is 96.4 cm³/mol. The topological polar surface area (TPSA) is 70.6 Å². The first-order valence-electron chi connectivity index (χ1n) is 7.78. The highest BCUT2D eigenvalue weighted by molar-refractivity contribution is 6.05. The Balaban J connectivity index is 2.00. The molecule has 0 radical (unpaired) electrons. The number of carbonyl (C=O) groups is 2. The van der Waals surface area contributed by atoms with E-state index in [0.29, 0.717) is 16.8 Å². The lowest BCUT2D eigenvalue weighted by Gasteiger charge is -2.08. The highest BCUT2D eigenvalue weighted by atomic mass is 16.2. The first-order valence-corrected chi connectivity index (χ1v) is 7.78. The van der Waals surface area contributed by atoms with Gasteiger partial charge in [0.25, 0.3) is 11.8 Å². The van der Waals surface area contributed by atoms with Gasteiger partial charge in [-0.05, 0) is 48.7 Å². The third-order valence-electron chi connectivity index (χ3n) is 3.33. The number of anilines is 1. The largest absolute Gasteiger partial charge is 0.322 e. The van der Waals surface area contributed by atoms with Gasteiger partial charge in [-0.1, -0.05) is 32.0 Å². The highest BCUT2D eigenvalue weighted by Crippen LogP contribution is 2.13.